The molecule has 13 heteroatoms. The topological polar surface area (TPSA) is 171 Å². The Kier molecular flexibility index (Phi) is 7.29. The van der Waals surface area contributed by atoms with Crippen LogP contribution in [0.5, 0.6) is 0 Å². The Balaban J connectivity index is 1.75. The fourth-order valence-corrected chi connectivity index (χ4v) is 7.68. The quantitative estimate of drug-likeness (QED) is 0.211. The smallest absolute Gasteiger partial charge is 0.315 e. The van der Waals surface area contributed by atoms with Crippen LogP contribution in [0.1, 0.15) is 143 Å². The first-order valence-corrected chi connectivity index (χ1v) is 18.4. The Labute approximate surface area is 310 Å². The molecule has 278 valence electrons. The van der Waals surface area contributed by atoms with E-state index in [9.17, 15) is 32.4 Å². The van der Waals surface area contributed by atoms with Gasteiger partial charge in [-0.3, -0.25) is 19.2 Å². The van der Waals surface area contributed by atoms with Crippen LogP contribution in [0.25, 0.3) is 0 Å². The number of rotatable bonds is 13. The first kappa shape index (κ1) is 25.3. The van der Waals surface area contributed by atoms with Crippen molar-refractivity contribution < 1.29 is 48.8 Å². The van der Waals surface area contributed by atoms with Gasteiger partial charge in [0, 0.05) is 29.0 Å². The number of sulfone groups is 1. The van der Waals surface area contributed by atoms with Crippen molar-refractivity contribution in [2.75, 3.05) is 12.3 Å². The Morgan fingerprint density at radius 2 is 1.59 bits per heavy atom. The molecule has 0 aromatic heterocycles. The number of urea groups is 1. The molecule has 12 nitrogen and oxygen atoms in total. The number of carbonyl (C=O) groups is 5. The van der Waals surface area contributed by atoms with Crippen molar-refractivity contribution in [3.63, 3.8) is 0 Å². The lowest BCUT2D eigenvalue weighted by Gasteiger charge is -2.41. The number of nitrogens with zero attached hydrogens (tertiary/aromatic N) is 1. The molecule has 4 aliphatic rings. The lowest BCUT2D eigenvalue weighted by molar-refractivity contribution is -0.145. The van der Waals surface area contributed by atoms with E-state index >= 15 is 0 Å². The average molecular weight is 720 g/mol. The largest absolute Gasteiger partial charge is 0.347 e. The molecular formula is C36H61N5O7S. The average Bonchev–Trinajstić information content (AvgIpc) is 3.92. The zero-order valence-corrected chi connectivity index (χ0v) is 30.7. The molecule has 0 aromatic rings. The highest BCUT2D eigenvalue weighted by molar-refractivity contribution is 7.92. The SMILES string of the molecule is [2H]C([2H])(C)CC[C@H](NC(=O)[C@@H]1[C@@H]2[C@H](CN1C(=O)[C@@H](NC(=O)NC1(CS(=O)(=O)C(C)(C)C)C([2H])([2H])C([2H])([2H])C([2H])([2H])C([2H])([2H])C1([2H])[2H])C(C)(C)C)C2(C)C)C(=O)C(=O)NC1CC1. The van der Waals surface area contributed by atoms with Gasteiger partial charge in [0.05, 0.1) is 22.1 Å². The lowest BCUT2D eigenvalue weighted by Crippen LogP contribution is -2.64. The van der Waals surface area contributed by atoms with Crippen LogP contribution in [-0.4, -0.2) is 89.6 Å². The van der Waals surface area contributed by atoms with Crippen molar-refractivity contribution in [3.05, 3.63) is 0 Å². The van der Waals surface area contributed by atoms with Crippen molar-refractivity contribution in [1.82, 2.24) is 26.2 Å². The Morgan fingerprint density at radius 3 is 2.12 bits per heavy atom. The third-order valence-corrected chi connectivity index (χ3v) is 12.6. The van der Waals surface area contributed by atoms with Crippen LogP contribution in [0, 0.1) is 22.7 Å². The molecular weight excluding hydrogens is 646 g/mol. The van der Waals surface area contributed by atoms with Gasteiger partial charge >= 0.3 is 6.03 Å². The molecule has 3 saturated carbocycles. The minimum Gasteiger partial charge on any atom is -0.347 e. The minimum atomic E-state index is -4.80. The van der Waals surface area contributed by atoms with Crippen LogP contribution in [0.15, 0.2) is 0 Å². The molecule has 0 radical (unpaired) electrons. The summed E-state index contributed by atoms with van der Waals surface area (Å²) in [6, 6.07) is -6.24. The molecule has 0 aromatic carbocycles. The number of likely N-dealkylation sites (tertiary alicyclic amines) is 1. The first-order chi connectivity index (χ1) is 27.0. The summed E-state index contributed by atoms with van der Waals surface area (Å²) in [5.74, 6) is -6.15. The van der Waals surface area contributed by atoms with Gasteiger partial charge < -0.3 is 26.2 Å². The molecule has 0 bridgehead atoms. The van der Waals surface area contributed by atoms with E-state index in [-0.39, 0.29) is 31.3 Å². The van der Waals surface area contributed by atoms with Gasteiger partial charge in [-0.1, -0.05) is 73.5 Å². The summed E-state index contributed by atoms with van der Waals surface area (Å²) in [7, 11) is -4.80. The number of carbonyl (C=O) groups excluding carboxylic acids is 5. The number of nitrogens with one attached hydrogen (secondary N) is 4. The molecule has 0 spiro atoms. The fourth-order valence-electron chi connectivity index (χ4n) is 6.46. The highest BCUT2D eigenvalue weighted by Gasteiger charge is 2.70. The van der Waals surface area contributed by atoms with Crippen molar-refractivity contribution in [3.8, 4) is 0 Å². The Hall–Kier alpha value is -2.70. The Bertz CT molecular complexity index is 1890. The molecule has 4 N–H and O–H groups in total. The summed E-state index contributed by atoms with van der Waals surface area (Å²) in [4.78, 5) is 70.6. The van der Waals surface area contributed by atoms with E-state index in [1.54, 1.807) is 0 Å². The second kappa shape index (κ2) is 14.1. The van der Waals surface area contributed by atoms with Gasteiger partial charge in [0.1, 0.15) is 12.1 Å². The fraction of sp³-hybridized carbons (Fsp3) is 0.861. The molecule has 5 amide bonds. The second-order valence-electron chi connectivity index (χ2n) is 16.3. The number of piperidine rings is 1. The van der Waals surface area contributed by atoms with E-state index in [2.05, 4.69) is 16.0 Å². The molecule has 5 atom stereocenters. The molecule has 1 saturated heterocycles. The van der Waals surface area contributed by atoms with Crippen LogP contribution in [0.3, 0.4) is 0 Å². The number of amides is 5. The number of hydrogen-bond donors (Lipinski definition) is 4. The third-order valence-electron chi connectivity index (χ3n) is 9.94. The van der Waals surface area contributed by atoms with Crippen LogP contribution >= 0.6 is 0 Å². The zero-order valence-electron chi connectivity index (χ0n) is 41.9. The molecule has 0 unspecified atom stereocenters. The second-order valence-corrected chi connectivity index (χ2v) is 19.0. The monoisotopic (exact) mass is 720 g/mol. The van der Waals surface area contributed by atoms with E-state index in [0.29, 0.717) is 12.8 Å². The highest BCUT2D eigenvalue weighted by atomic mass is 32.2. The number of Topliss-reactive ketones (excluding diaryl/α,β-unsaturated/α-hetero) is 1. The zero-order chi connectivity index (χ0) is 47.5. The van der Waals surface area contributed by atoms with Gasteiger partial charge in [-0.2, -0.15) is 0 Å². The van der Waals surface area contributed by atoms with Gasteiger partial charge in [-0.05, 0) is 75.4 Å². The number of fused-ring (bicyclic) bond motifs is 1. The molecule has 4 rings (SSSR count). The molecule has 3 aliphatic carbocycles. The molecule has 49 heavy (non-hydrogen) atoms. The predicted octanol–water partition coefficient (Wildman–Crippen LogP) is 3.62. The molecule has 1 heterocycles. The third kappa shape index (κ3) is 8.79. The van der Waals surface area contributed by atoms with Crippen molar-refractivity contribution in [2.45, 2.75) is 161 Å². The summed E-state index contributed by atoms with van der Waals surface area (Å²) >= 11 is 0. The number of ketones is 1. The maximum atomic E-state index is 14.7. The summed E-state index contributed by atoms with van der Waals surface area (Å²) < 4.78 is 128. The van der Waals surface area contributed by atoms with Crippen LogP contribution < -0.4 is 21.3 Å². The van der Waals surface area contributed by atoms with Gasteiger partial charge in [-0.15, -0.1) is 0 Å². The summed E-state index contributed by atoms with van der Waals surface area (Å²) in [6.07, 6.45) is -20.8. The maximum Gasteiger partial charge on any atom is 0.315 e. The Morgan fingerprint density at radius 1 is 0.980 bits per heavy atom. The van der Waals surface area contributed by atoms with E-state index in [4.69, 9.17) is 16.4 Å². The van der Waals surface area contributed by atoms with Crippen molar-refractivity contribution in [2.24, 2.45) is 22.7 Å². The minimum absolute atomic E-state index is 0.0306. The van der Waals surface area contributed by atoms with Crippen molar-refractivity contribution in [1.29, 1.82) is 0 Å². The van der Waals surface area contributed by atoms with Crippen molar-refractivity contribution >= 4 is 39.4 Å². The highest BCUT2D eigenvalue weighted by Crippen LogP contribution is 2.65. The summed E-state index contributed by atoms with van der Waals surface area (Å²) in [6.45, 7) is 13.0. The summed E-state index contributed by atoms with van der Waals surface area (Å²) in [5, 5.41) is 9.41. The predicted molar refractivity (Wildman–Crippen MR) is 188 cm³/mol. The van der Waals surface area contributed by atoms with E-state index < -0.39 is 129 Å². The van der Waals surface area contributed by atoms with Gasteiger partial charge in [-0.25, -0.2) is 13.2 Å². The molecule has 1 aliphatic heterocycles. The van der Waals surface area contributed by atoms with E-state index in [1.807, 2.05) is 19.2 Å². The van der Waals surface area contributed by atoms with Gasteiger partial charge in [0.25, 0.3) is 5.91 Å². The van der Waals surface area contributed by atoms with Crippen LogP contribution in [0.4, 0.5) is 4.79 Å². The van der Waals surface area contributed by atoms with E-state index in [0.717, 1.165) is 20.8 Å². The van der Waals surface area contributed by atoms with Gasteiger partial charge in [0.15, 0.2) is 9.84 Å². The normalized spacial score (nSPS) is 34.8. The first-order valence-electron chi connectivity index (χ1n) is 22.7. The van der Waals surface area contributed by atoms with E-state index in [1.165, 1.54) is 32.6 Å². The van der Waals surface area contributed by atoms with Crippen LogP contribution in [0.2, 0.25) is 0 Å². The lowest BCUT2D eigenvalue weighted by atomic mass is 9.83. The van der Waals surface area contributed by atoms with Gasteiger partial charge in [0.2, 0.25) is 17.6 Å². The summed E-state index contributed by atoms with van der Waals surface area (Å²) in [5.41, 5.74) is -5.46. The number of hydrogen-bond acceptors (Lipinski definition) is 7. The maximum absolute atomic E-state index is 14.7. The molecule has 4 fully saturated rings. The standard InChI is InChI=1S/C36H61N5O7S/c1-10-11-15-24(27(42)30(44)37-22-16-17-22)38-29(43)26-25-23(35(25,8)9)20-41(26)31(45)28(33(2,3)4)39-32(46)40-36(18-13-12-14-19-36)21-49(47,48)34(5,6)7/h22-26,28H,10-21H2,1-9H3,(H,37,44)(H,38,43)(H2,39,40,46)/t23-,24-,25-,26-,28+/m0/s1/i10D2,12D2,13D2,14D2,18D2,19D2. The van der Waals surface area contributed by atoms with Crippen LogP contribution in [-0.2, 0) is 29.0 Å².